The zero-order chi connectivity index (χ0) is 16.5. The molecule has 3 heterocycles. The highest BCUT2D eigenvalue weighted by Crippen LogP contribution is 2.29. The van der Waals surface area contributed by atoms with Crippen LogP contribution in [0, 0.1) is 6.92 Å². The van der Waals surface area contributed by atoms with Gasteiger partial charge in [0.2, 0.25) is 0 Å². The molecule has 1 aliphatic rings. The van der Waals surface area contributed by atoms with Gasteiger partial charge in [-0.1, -0.05) is 24.3 Å². The van der Waals surface area contributed by atoms with Gasteiger partial charge in [-0.2, -0.15) is 0 Å². The first-order valence-corrected chi connectivity index (χ1v) is 9.23. The molecule has 0 spiro atoms. The van der Waals surface area contributed by atoms with Gasteiger partial charge in [-0.25, -0.2) is 0 Å². The van der Waals surface area contributed by atoms with Crippen molar-refractivity contribution in [2.24, 2.45) is 0 Å². The van der Waals surface area contributed by atoms with Crippen molar-refractivity contribution in [1.82, 2.24) is 9.88 Å². The van der Waals surface area contributed by atoms with Crippen molar-refractivity contribution in [2.45, 2.75) is 25.7 Å². The van der Waals surface area contributed by atoms with Gasteiger partial charge < -0.3 is 4.90 Å². The van der Waals surface area contributed by atoms with Gasteiger partial charge in [-0.15, -0.1) is 11.3 Å². The number of pyridine rings is 1. The molecule has 3 aromatic rings. The van der Waals surface area contributed by atoms with Crippen LogP contribution in [0.3, 0.4) is 0 Å². The standard InChI is InChI=1S/C20H20N2OS/c1-14-8-9-19(24-14)20(23)22-10-4-7-17(13-22)18-11-15-5-2-3-6-16(15)12-21-18/h2-3,5-6,8-9,11-12,17H,4,7,10,13H2,1H3. The lowest BCUT2D eigenvalue weighted by Crippen LogP contribution is -2.39. The van der Waals surface area contributed by atoms with Gasteiger partial charge in [-0.05, 0) is 43.4 Å². The molecule has 122 valence electrons. The van der Waals surface area contributed by atoms with Crippen molar-refractivity contribution in [3.05, 3.63) is 64.1 Å². The van der Waals surface area contributed by atoms with Crippen LogP contribution in [0.1, 0.15) is 39.0 Å². The highest BCUT2D eigenvalue weighted by atomic mass is 32.1. The number of carbonyl (C=O) groups is 1. The summed E-state index contributed by atoms with van der Waals surface area (Å²) >= 11 is 1.58. The van der Waals surface area contributed by atoms with Gasteiger partial charge >= 0.3 is 0 Å². The van der Waals surface area contributed by atoms with Gasteiger partial charge in [-0.3, -0.25) is 9.78 Å². The van der Waals surface area contributed by atoms with E-state index < -0.39 is 0 Å². The second-order valence-corrected chi connectivity index (χ2v) is 7.74. The van der Waals surface area contributed by atoms with Gasteiger partial charge in [0.15, 0.2) is 0 Å². The summed E-state index contributed by atoms with van der Waals surface area (Å²) < 4.78 is 0. The summed E-state index contributed by atoms with van der Waals surface area (Å²) in [5, 5.41) is 2.39. The third kappa shape index (κ3) is 2.94. The minimum atomic E-state index is 0.165. The predicted molar refractivity (Wildman–Crippen MR) is 98.7 cm³/mol. The largest absolute Gasteiger partial charge is 0.337 e. The van der Waals surface area contributed by atoms with Crippen LogP contribution in [0.15, 0.2) is 48.7 Å². The summed E-state index contributed by atoms with van der Waals surface area (Å²) in [6, 6.07) is 14.5. The van der Waals surface area contributed by atoms with Gasteiger partial charge in [0.25, 0.3) is 5.91 Å². The average Bonchev–Trinajstić information content (AvgIpc) is 3.07. The number of carbonyl (C=O) groups excluding carboxylic acids is 1. The van der Waals surface area contributed by atoms with Crippen LogP contribution in [-0.4, -0.2) is 28.9 Å². The lowest BCUT2D eigenvalue weighted by Gasteiger charge is -2.32. The van der Waals surface area contributed by atoms with Crippen LogP contribution in [0.2, 0.25) is 0 Å². The van der Waals surface area contributed by atoms with E-state index in [1.54, 1.807) is 11.3 Å². The number of fused-ring (bicyclic) bond motifs is 1. The molecule has 1 aromatic carbocycles. The number of hydrogen-bond acceptors (Lipinski definition) is 3. The summed E-state index contributed by atoms with van der Waals surface area (Å²) in [7, 11) is 0. The van der Waals surface area contributed by atoms with Crippen molar-refractivity contribution in [3.8, 4) is 0 Å². The van der Waals surface area contributed by atoms with Crippen LogP contribution >= 0.6 is 11.3 Å². The second-order valence-electron chi connectivity index (χ2n) is 6.46. The summed E-state index contributed by atoms with van der Waals surface area (Å²) in [6.45, 7) is 3.65. The lowest BCUT2D eigenvalue weighted by molar-refractivity contribution is 0.0711. The molecule has 1 fully saturated rings. The Hall–Kier alpha value is -2.20. The maximum absolute atomic E-state index is 12.7. The normalized spacial score (nSPS) is 18.0. The van der Waals surface area contributed by atoms with Crippen LogP contribution in [0.25, 0.3) is 10.8 Å². The van der Waals surface area contributed by atoms with Crippen molar-refractivity contribution in [1.29, 1.82) is 0 Å². The Labute approximate surface area is 146 Å². The van der Waals surface area contributed by atoms with E-state index in [2.05, 4.69) is 29.2 Å². The van der Waals surface area contributed by atoms with Gasteiger partial charge in [0.1, 0.15) is 0 Å². The molecule has 0 aliphatic carbocycles. The number of rotatable bonds is 2. The summed E-state index contributed by atoms with van der Waals surface area (Å²) in [4.78, 5) is 21.4. The maximum atomic E-state index is 12.7. The third-order valence-corrected chi connectivity index (χ3v) is 5.72. The van der Waals surface area contributed by atoms with Crippen molar-refractivity contribution >= 4 is 28.0 Å². The Morgan fingerprint density at radius 2 is 2.04 bits per heavy atom. The number of hydrogen-bond donors (Lipinski definition) is 0. The van der Waals surface area contributed by atoms with Crippen LogP contribution < -0.4 is 0 Å². The number of benzene rings is 1. The number of likely N-dealkylation sites (tertiary alicyclic amines) is 1. The summed E-state index contributed by atoms with van der Waals surface area (Å²) in [6.07, 6.45) is 4.09. The Morgan fingerprint density at radius 1 is 1.21 bits per heavy atom. The Balaban J connectivity index is 1.56. The molecule has 4 rings (SSSR count). The van der Waals surface area contributed by atoms with E-state index in [9.17, 15) is 4.79 Å². The number of aromatic nitrogens is 1. The van der Waals surface area contributed by atoms with E-state index in [1.165, 1.54) is 15.6 Å². The van der Waals surface area contributed by atoms with E-state index in [0.29, 0.717) is 5.92 Å². The van der Waals surface area contributed by atoms with Crippen LogP contribution in [0.5, 0.6) is 0 Å². The van der Waals surface area contributed by atoms with E-state index in [-0.39, 0.29) is 5.91 Å². The summed E-state index contributed by atoms with van der Waals surface area (Å²) in [5.41, 5.74) is 1.11. The first-order chi connectivity index (χ1) is 11.7. The zero-order valence-electron chi connectivity index (χ0n) is 13.7. The fraction of sp³-hybridized carbons (Fsp3) is 0.300. The molecule has 0 bridgehead atoms. The molecule has 0 N–H and O–H groups in total. The zero-order valence-corrected chi connectivity index (χ0v) is 14.6. The number of amides is 1. The first kappa shape index (κ1) is 15.3. The van der Waals surface area contributed by atoms with Crippen LogP contribution in [-0.2, 0) is 0 Å². The lowest BCUT2D eigenvalue weighted by atomic mass is 9.93. The monoisotopic (exact) mass is 336 g/mol. The molecule has 1 unspecified atom stereocenters. The van der Waals surface area contributed by atoms with E-state index >= 15 is 0 Å². The van der Waals surface area contributed by atoms with Crippen molar-refractivity contribution in [3.63, 3.8) is 0 Å². The molecule has 1 saturated heterocycles. The molecule has 0 radical (unpaired) electrons. The highest BCUT2D eigenvalue weighted by molar-refractivity contribution is 7.13. The van der Waals surface area contributed by atoms with Crippen molar-refractivity contribution in [2.75, 3.05) is 13.1 Å². The highest BCUT2D eigenvalue weighted by Gasteiger charge is 2.27. The fourth-order valence-electron chi connectivity index (χ4n) is 3.43. The minimum Gasteiger partial charge on any atom is -0.337 e. The summed E-state index contributed by atoms with van der Waals surface area (Å²) in [5.74, 6) is 0.493. The average molecular weight is 336 g/mol. The molecule has 0 saturated carbocycles. The molecule has 3 nitrogen and oxygen atoms in total. The fourth-order valence-corrected chi connectivity index (χ4v) is 4.27. The number of thiophene rings is 1. The number of aryl methyl sites for hydroxylation is 1. The Kier molecular flexibility index (Phi) is 4.07. The third-order valence-electron chi connectivity index (χ3n) is 4.73. The topological polar surface area (TPSA) is 33.2 Å². The number of piperidine rings is 1. The smallest absolute Gasteiger partial charge is 0.263 e. The van der Waals surface area contributed by atoms with Gasteiger partial charge in [0.05, 0.1) is 4.88 Å². The molecule has 2 aromatic heterocycles. The molecule has 1 atom stereocenters. The SMILES string of the molecule is Cc1ccc(C(=O)N2CCCC(c3cc4ccccc4cn3)C2)s1. The minimum absolute atomic E-state index is 0.165. The molecule has 1 amide bonds. The molecule has 24 heavy (non-hydrogen) atoms. The van der Waals surface area contributed by atoms with E-state index in [0.717, 1.165) is 36.5 Å². The van der Waals surface area contributed by atoms with Gasteiger partial charge in [0, 0.05) is 41.2 Å². The quantitative estimate of drug-likeness (QED) is 0.684. The Bertz CT molecular complexity index is 886. The maximum Gasteiger partial charge on any atom is 0.263 e. The predicted octanol–water partition coefficient (Wildman–Crippen LogP) is 4.62. The van der Waals surface area contributed by atoms with Crippen LogP contribution in [0.4, 0.5) is 0 Å². The van der Waals surface area contributed by atoms with E-state index in [4.69, 9.17) is 0 Å². The number of nitrogens with zero attached hydrogens (tertiary/aromatic N) is 2. The second kappa shape index (κ2) is 6.36. The molecule has 4 heteroatoms. The molecular formula is C20H20N2OS. The van der Waals surface area contributed by atoms with Crippen molar-refractivity contribution < 1.29 is 4.79 Å². The Morgan fingerprint density at radius 3 is 2.83 bits per heavy atom. The van der Waals surface area contributed by atoms with E-state index in [1.807, 2.05) is 36.2 Å². The first-order valence-electron chi connectivity index (χ1n) is 8.41. The molecule has 1 aliphatic heterocycles. The molecular weight excluding hydrogens is 316 g/mol.